The fraction of sp³-hybridized carbons (Fsp3) is 0.429. The van der Waals surface area contributed by atoms with Gasteiger partial charge in [-0.15, -0.1) is 0 Å². The number of nitrogens with one attached hydrogen (secondary N) is 3. The summed E-state index contributed by atoms with van der Waals surface area (Å²) >= 11 is 5.21. The average Bonchev–Trinajstić information content (AvgIpc) is 2.34. The maximum absolute atomic E-state index is 11.3. The first-order chi connectivity index (χ1) is 8.99. The Kier molecular flexibility index (Phi) is 6.45. The zero-order valence-corrected chi connectivity index (χ0v) is 12.6. The van der Waals surface area contributed by atoms with Gasteiger partial charge in [0.1, 0.15) is 0 Å². The van der Waals surface area contributed by atoms with Crippen LogP contribution in [0.5, 0.6) is 0 Å². The van der Waals surface area contributed by atoms with Crippen LogP contribution in [0.1, 0.15) is 23.7 Å². The zero-order valence-electron chi connectivity index (χ0n) is 11.7. The molecule has 0 radical (unpaired) electrons. The lowest BCUT2D eigenvalue weighted by molar-refractivity contribution is -0.858. The third-order valence-corrected chi connectivity index (χ3v) is 2.91. The topological polar surface area (TPSA) is 45.6 Å². The van der Waals surface area contributed by atoms with E-state index in [0.29, 0.717) is 10.7 Å². The van der Waals surface area contributed by atoms with Gasteiger partial charge in [0, 0.05) is 24.2 Å². The van der Waals surface area contributed by atoms with Crippen LogP contribution in [0.25, 0.3) is 0 Å². The van der Waals surface area contributed by atoms with Crippen molar-refractivity contribution >= 4 is 28.8 Å². The number of rotatable bonds is 6. The molecular formula is C14H22N3OS+. The lowest BCUT2D eigenvalue weighted by atomic mass is 10.1. The fourth-order valence-corrected chi connectivity index (χ4v) is 1.86. The Morgan fingerprint density at radius 2 is 2.11 bits per heavy atom. The predicted octanol–water partition coefficient (Wildman–Crippen LogP) is 0.710. The first kappa shape index (κ1) is 15.6. The molecule has 0 spiro atoms. The number of hydrogen-bond donors (Lipinski definition) is 3. The van der Waals surface area contributed by atoms with Gasteiger partial charge in [0.15, 0.2) is 10.9 Å². The van der Waals surface area contributed by atoms with Gasteiger partial charge in [-0.2, -0.15) is 0 Å². The average molecular weight is 280 g/mol. The molecule has 0 atom stereocenters. The molecule has 1 aromatic carbocycles. The van der Waals surface area contributed by atoms with Crippen LogP contribution in [0.15, 0.2) is 24.3 Å². The molecule has 1 rings (SSSR count). The summed E-state index contributed by atoms with van der Waals surface area (Å²) in [6.45, 7) is 3.51. The van der Waals surface area contributed by atoms with E-state index < -0.39 is 0 Å². The van der Waals surface area contributed by atoms with Crippen molar-refractivity contribution in [2.75, 3.05) is 32.5 Å². The van der Waals surface area contributed by atoms with Crippen LogP contribution in [0.2, 0.25) is 0 Å². The first-order valence-corrected chi connectivity index (χ1v) is 6.84. The number of anilines is 1. The molecule has 0 fully saturated rings. The Balaban J connectivity index is 2.40. The third kappa shape index (κ3) is 6.31. The van der Waals surface area contributed by atoms with E-state index in [1.807, 2.05) is 12.1 Å². The van der Waals surface area contributed by atoms with Crippen LogP contribution < -0.4 is 15.5 Å². The van der Waals surface area contributed by atoms with Gasteiger partial charge in [-0.05, 0) is 31.3 Å². The standard InChI is InChI=1S/C14H21N3OS/c1-11(18)12-6-4-7-13(10-12)16-14(19)15-8-5-9-17(2)3/h4,6-7,10H,5,8-9H2,1-3H3,(H2,15,16,19)/p+1. The molecule has 4 nitrogen and oxygen atoms in total. The van der Waals surface area contributed by atoms with Gasteiger partial charge >= 0.3 is 0 Å². The second-order valence-electron chi connectivity index (χ2n) is 4.83. The highest BCUT2D eigenvalue weighted by Gasteiger charge is 2.02. The molecule has 19 heavy (non-hydrogen) atoms. The van der Waals surface area contributed by atoms with Crippen molar-refractivity contribution in [3.8, 4) is 0 Å². The summed E-state index contributed by atoms with van der Waals surface area (Å²) in [5.41, 5.74) is 1.52. The van der Waals surface area contributed by atoms with Crippen molar-refractivity contribution in [1.29, 1.82) is 0 Å². The normalized spacial score (nSPS) is 10.3. The van der Waals surface area contributed by atoms with E-state index in [0.717, 1.165) is 25.2 Å². The largest absolute Gasteiger partial charge is 0.362 e. The van der Waals surface area contributed by atoms with Gasteiger partial charge in [-0.25, -0.2) is 0 Å². The SMILES string of the molecule is CC(=O)c1cccc(NC(=S)NCCC[NH+](C)C)c1. The van der Waals surface area contributed by atoms with Crippen molar-refractivity contribution < 1.29 is 9.69 Å². The Bertz CT molecular complexity index is 446. The van der Waals surface area contributed by atoms with E-state index in [9.17, 15) is 4.79 Å². The number of thiocarbonyl (C=S) groups is 1. The second-order valence-corrected chi connectivity index (χ2v) is 5.24. The van der Waals surface area contributed by atoms with E-state index in [2.05, 4.69) is 24.7 Å². The van der Waals surface area contributed by atoms with Crippen molar-refractivity contribution in [1.82, 2.24) is 5.32 Å². The molecule has 0 aliphatic heterocycles. The molecule has 104 valence electrons. The predicted molar refractivity (Wildman–Crippen MR) is 83.0 cm³/mol. The van der Waals surface area contributed by atoms with E-state index in [4.69, 9.17) is 12.2 Å². The molecule has 0 aromatic heterocycles. The van der Waals surface area contributed by atoms with Crippen molar-refractivity contribution in [3.05, 3.63) is 29.8 Å². The van der Waals surface area contributed by atoms with Crippen LogP contribution in [-0.4, -0.2) is 38.1 Å². The van der Waals surface area contributed by atoms with Crippen LogP contribution in [0.3, 0.4) is 0 Å². The van der Waals surface area contributed by atoms with E-state index in [1.54, 1.807) is 19.1 Å². The Hall–Kier alpha value is -1.46. The highest BCUT2D eigenvalue weighted by molar-refractivity contribution is 7.80. The molecule has 0 saturated carbocycles. The summed E-state index contributed by atoms with van der Waals surface area (Å²) in [5, 5.41) is 6.84. The minimum absolute atomic E-state index is 0.0523. The Labute approximate surface area is 120 Å². The first-order valence-electron chi connectivity index (χ1n) is 6.44. The van der Waals surface area contributed by atoms with Gasteiger partial charge in [0.2, 0.25) is 0 Å². The molecule has 5 heteroatoms. The molecule has 0 amide bonds. The van der Waals surface area contributed by atoms with Gasteiger partial charge in [-0.3, -0.25) is 4.79 Å². The Morgan fingerprint density at radius 1 is 1.37 bits per heavy atom. The molecule has 0 bridgehead atoms. The monoisotopic (exact) mass is 280 g/mol. The molecular weight excluding hydrogens is 258 g/mol. The molecule has 0 heterocycles. The second kappa shape index (κ2) is 7.86. The molecule has 0 unspecified atom stereocenters. The summed E-state index contributed by atoms with van der Waals surface area (Å²) in [4.78, 5) is 12.7. The van der Waals surface area contributed by atoms with Crippen LogP contribution in [0, 0.1) is 0 Å². The molecule has 3 N–H and O–H groups in total. The maximum atomic E-state index is 11.3. The number of quaternary nitrogens is 1. The smallest absolute Gasteiger partial charge is 0.170 e. The highest BCUT2D eigenvalue weighted by Crippen LogP contribution is 2.10. The summed E-state index contributed by atoms with van der Waals surface area (Å²) in [6.07, 6.45) is 1.07. The summed E-state index contributed by atoms with van der Waals surface area (Å²) < 4.78 is 0. The lowest BCUT2D eigenvalue weighted by Gasteiger charge is -2.12. The number of ketones is 1. The van der Waals surface area contributed by atoms with Crippen molar-refractivity contribution in [3.63, 3.8) is 0 Å². The molecule has 0 aliphatic carbocycles. The third-order valence-electron chi connectivity index (χ3n) is 2.67. The quantitative estimate of drug-likeness (QED) is 0.408. The van der Waals surface area contributed by atoms with Gasteiger partial charge in [0.25, 0.3) is 0 Å². The summed E-state index contributed by atoms with van der Waals surface area (Å²) in [7, 11) is 4.26. The lowest BCUT2D eigenvalue weighted by Crippen LogP contribution is -3.05. The summed E-state index contributed by atoms with van der Waals surface area (Å²) in [5.74, 6) is 0.0523. The van der Waals surface area contributed by atoms with Crippen LogP contribution in [0.4, 0.5) is 5.69 Å². The van der Waals surface area contributed by atoms with Gasteiger partial charge in [-0.1, -0.05) is 12.1 Å². The number of hydrogen-bond acceptors (Lipinski definition) is 2. The van der Waals surface area contributed by atoms with Crippen LogP contribution >= 0.6 is 12.2 Å². The number of benzene rings is 1. The minimum atomic E-state index is 0.0523. The van der Waals surface area contributed by atoms with Crippen molar-refractivity contribution in [2.45, 2.75) is 13.3 Å². The minimum Gasteiger partial charge on any atom is -0.362 e. The summed E-state index contributed by atoms with van der Waals surface area (Å²) in [6, 6.07) is 7.34. The number of carbonyl (C=O) groups is 1. The fourth-order valence-electron chi connectivity index (χ4n) is 1.64. The van der Waals surface area contributed by atoms with Gasteiger partial charge < -0.3 is 15.5 Å². The molecule has 0 aliphatic rings. The van der Waals surface area contributed by atoms with E-state index in [-0.39, 0.29) is 5.78 Å². The molecule has 1 aromatic rings. The number of carbonyl (C=O) groups excluding carboxylic acids is 1. The molecule has 0 saturated heterocycles. The Morgan fingerprint density at radius 3 is 2.74 bits per heavy atom. The zero-order chi connectivity index (χ0) is 14.3. The van der Waals surface area contributed by atoms with Crippen LogP contribution in [-0.2, 0) is 0 Å². The van der Waals surface area contributed by atoms with E-state index >= 15 is 0 Å². The number of Topliss-reactive ketones (excluding diaryl/α,β-unsaturated/α-hetero) is 1. The van der Waals surface area contributed by atoms with E-state index in [1.165, 1.54) is 4.90 Å². The highest BCUT2D eigenvalue weighted by atomic mass is 32.1. The van der Waals surface area contributed by atoms with Gasteiger partial charge in [0.05, 0.1) is 20.6 Å². The van der Waals surface area contributed by atoms with Crippen molar-refractivity contribution in [2.24, 2.45) is 0 Å². The maximum Gasteiger partial charge on any atom is 0.170 e.